The summed E-state index contributed by atoms with van der Waals surface area (Å²) in [6.45, 7) is 0. The van der Waals surface area contributed by atoms with E-state index >= 15 is 0 Å². The minimum absolute atomic E-state index is 0.143. The van der Waals surface area contributed by atoms with Crippen LogP contribution in [0, 0.1) is 0 Å². The second-order valence-corrected chi connectivity index (χ2v) is 7.56. The number of nitrogens with one attached hydrogen (secondary N) is 2. The van der Waals surface area contributed by atoms with Crippen LogP contribution in [-0.2, 0) is 6.42 Å². The van der Waals surface area contributed by atoms with E-state index in [0.29, 0.717) is 5.69 Å². The fraction of sp³-hybridized carbons (Fsp3) is 0.0357. The summed E-state index contributed by atoms with van der Waals surface area (Å²) < 4.78 is 0. The van der Waals surface area contributed by atoms with E-state index in [1.807, 2.05) is 91.0 Å². The van der Waals surface area contributed by atoms with Crippen molar-refractivity contribution >= 4 is 22.5 Å². The van der Waals surface area contributed by atoms with E-state index < -0.39 is 0 Å². The fourth-order valence-electron chi connectivity index (χ4n) is 4.01. The van der Waals surface area contributed by atoms with Crippen LogP contribution in [0.5, 0.6) is 0 Å². The molecule has 0 atom stereocenters. The van der Waals surface area contributed by atoms with Crippen molar-refractivity contribution in [1.29, 1.82) is 0 Å². The Morgan fingerprint density at radius 1 is 0.710 bits per heavy atom. The molecule has 0 bridgehead atoms. The quantitative estimate of drug-likeness (QED) is 0.338. The summed E-state index contributed by atoms with van der Waals surface area (Å²) in [4.78, 5) is 16.8. The number of anilines is 1. The van der Waals surface area contributed by atoms with Crippen LogP contribution >= 0.6 is 0 Å². The molecule has 31 heavy (non-hydrogen) atoms. The summed E-state index contributed by atoms with van der Waals surface area (Å²) in [6.07, 6.45) is 0.759. The van der Waals surface area contributed by atoms with E-state index in [0.717, 1.165) is 39.7 Å². The summed E-state index contributed by atoms with van der Waals surface area (Å²) >= 11 is 0. The molecule has 5 rings (SSSR count). The molecule has 2 N–H and O–H groups in total. The Morgan fingerprint density at radius 3 is 2.16 bits per heavy atom. The highest BCUT2D eigenvalue weighted by Gasteiger charge is 2.19. The Balaban J connectivity index is 1.53. The highest BCUT2D eigenvalue weighted by atomic mass is 16.1. The van der Waals surface area contributed by atoms with Crippen molar-refractivity contribution in [2.45, 2.75) is 6.42 Å². The Bertz CT molecular complexity index is 1340. The maximum absolute atomic E-state index is 13.4. The van der Waals surface area contributed by atoms with Gasteiger partial charge in [-0.05, 0) is 35.2 Å². The molecule has 0 unspecified atom stereocenters. The molecule has 0 fully saturated rings. The lowest BCUT2D eigenvalue weighted by atomic mass is 10.0. The Labute approximate surface area is 181 Å². The van der Waals surface area contributed by atoms with Crippen molar-refractivity contribution in [3.8, 4) is 11.1 Å². The van der Waals surface area contributed by atoms with Gasteiger partial charge in [0.1, 0.15) is 5.69 Å². The van der Waals surface area contributed by atoms with Gasteiger partial charge < -0.3 is 10.3 Å². The first-order valence-electron chi connectivity index (χ1n) is 10.4. The number of hydrogen-bond acceptors (Lipinski definition) is 1. The maximum atomic E-state index is 13.4. The second kappa shape index (κ2) is 8.33. The van der Waals surface area contributed by atoms with Gasteiger partial charge in [0.2, 0.25) is 0 Å². The van der Waals surface area contributed by atoms with E-state index in [1.54, 1.807) is 0 Å². The Hall–Kier alpha value is -4.11. The highest BCUT2D eigenvalue weighted by molar-refractivity contribution is 6.14. The van der Waals surface area contributed by atoms with Crippen molar-refractivity contribution in [2.75, 3.05) is 5.32 Å². The number of carbonyl (C=O) groups excluding carboxylic acids is 1. The number of rotatable bonds is 5. The van der Waals surface area contributed by atoms with Crippen LogP contribution in [-0.4, -0.2) is 10.9 Å². The number of aromatic amines is 1. The van der Waals surface area contributed by atoms with Gasteiger partial charge in [-0.2, -0.15) is 0 Å². The number of carbonyl (C=O) groups is 1. The first kappa shape index (κ1) is 18.9. The van der Waals surface area contributed by atoms with Gasteiger partial charge in [0.05, 0.1) is 0 Å². The van der Waals surface area contributed by atoms with Gasteiger partial charge in [0.15, 0.2) is 0 Å². The average molecular weight is 402 g/mol. The molecule has 0 saturated carbocycles. The van der Waals surface area contributed by atoms with Gasteiger partial charge in [0, 0.05) is 22.2 Å². The number of hydrogen-bond donors (Lipinski definition) is 2. The summed E-state index contributed by atoms with van der Waals surface area (Å²) in [5, 5.41) is 4.19. The molecule has 1 amide bonds. The van der Waals surface area contributed by atoms with Gasteiger partial charge >= 0.3 is 0 Å². The third-order valence-corrected chi connectivity index (χ3v) is 5.50. The lowest BCUT2D eigenvalue weighted by Crippen LogP contribution is -2.15. The SMILES string of the molecule is O=C(Nc1ccccc1Cc1ccccc1)c1[nH]c2ccccc2c1-c1ccccc1. The van der Waals surface area contributed by atoms with Crippen molar-refractivity contribution in [3.05, 3.63) is 126 Å². The number of fused-ring (bicyclic) bond motifs is 1. The van der Waals surface area contributed by atoms with Crippen LogP contribution in [0.4, 0.5) is 5.69 Å². The lowest BCUT2D eigenvalue weighted by molar-refractivity contribution is 0.102. The molecule has 4 aromatic carbocycles. The molecule has 3 heteroatoms. The van der Waals surface area contributed by atoms with Gasteiger partial charge in [-0.1, -0.05) is 97.1 Å². The minimum atomic E-state index is -0.143. The van der Waals surface area contributed by atoms with Gasteiger partial charge in [-0.25, -0.2) is 0 Å². The van der Waals surface area contributed by atoms with Crippen molar-refractivity contribution in [3.63, 3.8) is 0 Å². The van der Waals surface area contributed by atoms with Crippen molar-refractivity contribution in [1.82, 2.24) is 4.98 Å². The Kier molecular flexibility index (Phi) is 5.07. The van der Waals surface area contributed by atoms with Crippen LogP contribution in [0.1, 0.15) is 21.6 Å². The standard InChI is InChI=1S/C28H22N2O/c31-28(30-24-17-9-7-15-22(24)19-20-11-3-1-4-12-20)27-26(21-13-5-2-6-14-21)23-16-8-10-18-25(23)29-27/h1-18,29H,19H2,(H,30,31). The molecule has 5 aromatic rings. The van der Waals surface area contributed by atoms with Crippen molar-refractivity contribution < 1.29 is 4.79 Å². The van der Waals surface area contributed by atoms with Crippen LogP contribution in [0.25, 0.3) is 22.0 Å². The van der Waals surface area contributed by atoms with E-state index in [4.69, 9.17) is 0 Å². The smallest absolute Gasteiger partial charge is 0.272 e. The normalized spacial score (nSPS) is 10.8. The van der Waals surface area contributed by atoms with E-state index in [-0.39, 0.29) is 5.91 Å². The molecule has 150 valence electrons. The predicted molar refractivity (Wildman–Crippen MR) is 127 cm³/mol. The first-order valence-corrected chi connectivity index (χ1v) is 10.4. The molecule has 1 heterocycles. The topological polar surface area (TPSA) is 44.9 Å². The van der Waals surface area contributed by atoms with Crippen molar-refractivity contribution in [2.24, 2.45) is 0 Å². The predicted octanol–water partition coefficient (Wildman–Crippen LogP) is 6.68. The highest BCUT2D eigenvalue weighted by Crippen LogP contribution is 2.33. The minimum Gasteiger partial charge on any atom is -0.350 e. The number of amides is 1. The Morgan fingerprint density at radius 2 is 1.35 bits per heavy atom. The summed E-state index contributed by atoms with van der Waals surface area (Å²) in [6, 6.07) is 36.3. The van der Waals surface area contributed by atoms with Gasteiger partial charge in [-0.3, -0.25) is 4.79 Å². The summed E-state index contributed by atoms with van der Waals surface area (Å²) in [5.41, 5.74) is 6.58. The molecule has 0 aliphatic heterocycles. The maximum Gasteiger partial charge on any atom is 0.272 e. The molecule has 0 spiro atoms. The van der Waals surface area contributed by atoms with E-state index in [2.05, 4.69) is 28.5 Å². The number of para-hydroxylation sites is 2. The third kappa shape index (κ3) is 3.86. The van der Waals surface area contributed by atoms with Crippen LogP contribution in [0.2, 0.25) is 0 Å². The number of benzene rings is 4. The zero-order chi connectivity index (χ0) is 21.0. The largest absolute Gasteiger partial charge is 0.350 e. The molecule has 3 nitrogen and oxygen atoms in total. The van der Waals surface area contributed by atoms with Gasteiger partial charge in [-0.15, -0.1) is 0 Å². The first-order chi connectivity index (χ1) is 15.3. The molecule has 1 aromatic heterocycles. The summed E-state index contributed by atoms with van der Waals surface area (Å²) in [7, 11) is 0. The van der Waals surface area contributed by atoms with Crippen LogP contribution in [0.3, 0.4) is 0 Å². The third-order valence-electron chi connectivity index (χ3n) is 5.50. The average Bonchev–Trinajstić information content (AvgIpc) is 3.21. The van der Waals surface area contributed by atoms with Crippen LogP contribution < -0.4 is 5.32 Å². The molecule has 0 saturated heterocycles. The number of H-pyrrole nitrogens is 1. The zero-order valence-corrected chi connectivity index (χ0v) is 17.0. The molecule has 0 radical (unpaired) electrons. The molecule has 0 aliphatic carbocycles. The molecular formula is C28H22N2O. The zero-order valence-electron chi connectivity index (χ0n) is 17.0. The van der Waals surface area contributed by atoms with E-state index in [1.165, 1.54) is 5.56 Å². The fourth-order valence-corrected chi connectivity index (χ4v) is 4.01. The van der Waals surface area contributed by atoms with Crippen LogP contribution in [0.15, 0.2) is 109 Å². The molecular weight excluding hydrogens is 380 g/mol. The number of aromatic nitrogens is 1. The van der Waals surface area contributed by atoms with E-state index in [9.17, 15) is 4.79 Å². The summed E-state index contributed by atoms with van der Waals surface area (Å²) in [5.74, 6) is -0.143. The molecule has 0 aliphatic rings. The second-order valence-electron chi connectivity index (χ2n) is 7.56. The van der Waals surface area contributed by atoms with Gasteiger partial charge in [0.25, 0.3) is 5.91 Å². The monoisotopic (exact) mass is 402 g/mol. The lowest BCUT2D eigenvalue weighted by Gasteiger charge is -2.12.